The first kappa shape index (κ1) is 21.4. The summed E-state index contributed by atoms with van der Waals surface area (Å²) in [7, 11) is 0. The topological polar surface area (TPSA) is 76.8 Å². The van der Waals surface area contributed by atoms with E-state index in [4.69, 9.17) is 9.15 Å². The largest absolute Gasteiger partial charge is 0.461 e. The smallest absolute Gasteiger partial charge is 0.336 e. The number of esters is 1. The third-order valence-corrected chi connectivity index (χ3v) is 6.62. The van der Waals surface area contributed by atoms with Gasteiger partial charge in [-0.05, 0) is 79.6 Å². The van der Waals surface area contributed by atoms with E-state index in [9.17, 15) is 18.8 Å². The molecule has 7 heteroatoms. The van der Waals surface area contributed by atoms with E-state index >= 15 is 0 Å². The molecule has 1 aliphatic carbocycles. The molecule has 5 rings (SSSR count). The second-order valence-electron chi connectivity index (χ2n) is 8.74. The number of fused-ring (bicyclic) bond motifs is 2. The summed E-state index contributed by atoms with van der Waals surface area (Å²) in [6.07, 6.45) is 4.06. The van der Waals surface area contributed by atoms with Crippen LogP contribution in [0.3, 0.4) is 0 Å². The fourth-order valence-electron chi connectivity index (χ4n) is 4.77. The number of carbonyl (C=O) groups excluding carboxylic acids is 2. The molecule has 170 valence electrons. The molecule has 33 heavy (non-hydrogen) atoms. The Bertz CT molecular complexity index is 1270. The third-order valence-electron chi connectivity index (χ3n) is 6.62. The number of nitrogens with zero attached hydrogens (tertiary/aromatic N) is 1. The van der Waals surface area contributed by atoms with Gasteiger partial charge in [0.05, 0.1) is 5.92 Å². The molecular weight excluding hydrogens is 425 g/mol. The standard InChI is InChI=1S/C26H24FNO5/c27-21-6-4-16(5-7-21)25(30)28-10-8-17(9-11-28)26(31)32-15-20-14-24(29)33-23-13-19-3-1-2-18(19)12-22(20)23/h4-7,12-14,17H,1-3,8-11,15H2. The van der Waals surface area contributed by atoms with Crippen LogP contribution in [0.25, 0.3) is 11.0 Å². The van der Waals surface area contributed by atoms with Crippen LogP contribution in [0.5, 0.6) is 0 Å². The SMILES string of the molecule is O=C(OCc1cc(=O)oc2cc3c(cc12)CCC3)C1CCN(C(=O)c2ccc(F)cc2)CC1. The third kappa shape index (κ3) is 4.40. The summed E-state index contributed by atoms with van der Waals surface area (Å²) in [6.45, 7) is 0.869. The molecule has 1 fully saturated rings. The van der Waals surface area contributed by atoms with Gasteiger partial charge in [0, 0.05) is 35.7 Å². The van der Waals surface area contributed by atoms with E-state index in [0.29, 0.717) is 42.6 Å². The molecule has 0 radical (unpaired) electrons. The number of likely N-dealkylation sites (tertiary alicyclic amines) is 1. The lowest BCUT2D eigenvalue weighted by atomic mass is 9.96. The molecule has 3 aromatic rings. The minimum absolute atomic E-state index is 0.00838. The van der Waals surface area contributed by atoms with Gasteiger partial charge in [-0.3, -0.25) is 9.59 Å². The van der Waals surface area contributed by atoms with Crippen molar-refractivity contribution in [3.05, 3.63) is 81.0 Å². The Morgan fingerprint density at radius 2 is 1.73 bits per heavy atom. The predicted molar refractivity (Wildman–Crippen MR) is 119 cm³/mol. The van der Waals surface area contributed by atoms with Gasteiger partial charge in [0.15, 0.2) is 0 Å². The molecule has 0 spiro atoms. The average Bonchev–Trinajstić information content (AvgIpc) is 3.28. The highest BCUT2D eigenvalue weighted by atomic mass is 19.1. The summed E-state index contributed by atoms with van der Waals surface area (Å²) in [5.41, 5.74) is 3.61. The normalized spacial score (nSPS) is 16.1. The van der Waals surface area contributed by atoms with Crippen molar-refractivity contribution in [2.75, 3.05) is 13.1 Å². The summed E-state index contributed by atoms with van der Waals surface area (Å²) in [6, 6.07) is 10.8. The van der Waals surface area contributed by atoms with Gasteiger partial charge in [-0.25, -0.2) is 9.18 Å². The van der Waals surface area contributed by atoms with Gasteiger partial charge < -0.3 is 14.1 Å². The van der Waals surface area contributed by atoms with Crippen LogP contribution in [-0.4, -0.2) is 29.9 Å². The van der Waals surface area contributed by atoms with E-state index in [0.717, 1.165) is 24.6 Å². The monoisotopic (exact) mass is 449 g/mol. The average molecular weight is 449 g/mol. The number of aryl methyl sites for hydroxylation is 2. The van der Waals surface area contributed by atoms with E-state index in [1.165, 1.54) is 41.5 Å². The summed E-state index contributed by atoms with van der Waals surface area (Å²) < 4.78 is 24.0. The second-order valence-corrected chi connectivity index (χ2v) is 8.74. The molecule has 0 unspecified atom stereocenters. The number of piperidine rings is 1. The number of rotatable bonds is 4. The minimum Gasteiger partial charge on any atom is -0.461 e. The molecule has 0 N–H and O–H groups in total. The van der Waals surface area contributed by atoms with E-state index < -0.39 is 5.63 Å². The molecule has 6 nitrogen and oxygen atoms in total. The van der Waals surface area contributed by atoms with Crippen LogP contribution in [0.15, 0.2) is 51.7 Å². The van der Waals surface area contributed by atoms with Crippen molar-refractivity contribution in [3.63, 3.8) is 0 Å². The van der Waals surface area contributed by atoms with E-state index in [2.05, 4.69) is 0 Å². The molecule has 2 aromatic carbocycles. The van der Waals surface area contributed by atoms with Crippen LogP contribution in [0.2, 0.25) is 0 Å². The molecule has 2 aliphatic rings. The number of hydrogen-bond donors (Lipinski definition) is 0. The maximum absolute atomic E-state index is 13.1. The van der Waals surface area contributed by atoms with Gasteiger partial charge in [0.25, 0.3) is 5.91 Å². The zero-order valence-corrected chi connectivity index (χ0v) is 18.1. The Kier molecular flexibility index (Phi) is 5.70. The highest BCUT2D eigenvalue weighted by Crippen LogP contribution is 2.29. The number of amides is 1. The summed E-state index contributed by atoms with van der Waals surface area (Å²) >= 11 is 0. The van der Waals surface area contributed by atoms with E-state index in [1.807, 2.05) is 12.1 Å². The Morgan fingerprint density at radius 1 is 1.03 bits per heavy atom. The fraction of sp³-hybridized carbons (Fsp3) is 0.346. The van der Waals surface area contributed by atoms with Crippen LogP contribution in [-0.2, 0) is 29.0 Å². The second kappa shape index (κ2) is 8.81. The highest BCUT2D eigenvalue weighted by Gasteiger charge is 2.29. The zero-order chi connectivity index (χ0) is 22.9. The molecule has 2 heterocycles. The lowest BCUT2D eigenvalue weighted by molar-refractivity contribution is -0.151. The first-order valence-corrected chi connectivity index (χ1v) is 11.3. The predicted octanol–water partition coefficient (Wildman–Crippen LogP) is 4.02. The van der Waals surface area contributed by atoms with Crippen LogP contribution < -0.4 is 5.63 Å². The molecule has 0 atom stereocenters. The maximum atomic E-state index is 13.1. The van der Waals surface area contributed by atoms with Crippen molar-refractivity contribution in [2.45, 2.75) is 38.7 Å². The number of benzene rings is 2. The van der Waals surface area contributed by atoms with Crippen LogP contribution in [0.4, 0.5) is 4.39 Å². The van der Waals surface area contributed by atoms with Gasteiger partial charge in [0.1, 0.15) is 18.0 Å². The highest BCUT2D eigenvalue weighted by molar-refractivity contribution is 5.94. The van der Waals surface area contributed by atoms with Crippen LogP contribution >= 0.6 is 0 Å². The molecule has 1 aromatic heterocycles. The number of halogens is 1. The molecule has 0 saturated carbocycles. The quantitative estimate of drug-likeness (QED) is 0.444. The minimum atomic E-state index is -0.459. The summed E-state index contributed by atoms with van der Waals surface area (Å²) in [5.74, 6) is -1.19. The van der Waals surface area contributed by atoms with Crippen LogP contribution in [0.1, 0.15) is 46.3 Å². The summed E-state index contributed by atoms with van der Waals surface area (Å²) in [4.78, 5) is 39.0. The van der Waals surface area contributed by atoms with Gasteiger partial charge in [-0.1, -0.05) is 0 Å². The molecule has 1 amide bonds. The van der Waals surface area contributed by atoms with Crippen molar-refractivity contribution in [1.29, 1.82) is 0 Å². The van der Waals surface area contributed by atoms with Crippen LogP contribution in [0, 0.1) is 11.7 Å². The first-order chi connectivity index (χ1) is 16.0. The van der Waals surface area contributed by atoms with Crippen molar-refractivity contribution >= 4 is 22.8 Å². The number of hydrogen-bond acceptors (Lipinski definition) is 5. The van der Waals surface area contributed by atoms with Crippen molar-refractivity contribution < 1.29 is 23.1 Å². The molecule has 1 saturated heterocycles. The van der Waals surface area contributed by atoms with Gasteiger partial charge in [0.2, 0.25) is 0 Å². The Balaban J connectivity index is 1.22. The summed E-state index contributed by atoms with van der Waals surface area (Å²) in [5, 5.41) is 0.808. The van der Waals surface area contributed by atoms with Crippen molar-refractivity contribution in [3.8, 4) is 0 Å². The van der Waals surface area contributed by atoms with Gasteiger partial charge >= 0.3 is 11.6 Å². The molecule has 1 aliphatic heterocycles. The van der Waals surface area contributed by atoms with Gasteiger partial charge in [-0.2, -0.15) is 0 Å². The Labute approximate surface area is 190 Å². The maximum Gasteiger partial charge on any atom is 0.336 e. The van der Waals surface area contributed by atoms with Gasteiger partial charge in [-0.15, -0.1) is 0 Å². The lowest BCUT2D eigenvalue weighted by Gasteiger charge is -2.31. The zero-order valence-electron chi connectivity index (χ0n) is 18.1. The molecule has 0 bridgehead atoms. The molecular formula is C26H24FNO5. The van der Waals surface area contributed by atoms with E-state index in [-0.39, 0.29) is 30.2 Å². The fourth-order valence-corrected chi connectivity index (χ4v) is 4.77. The first-order valence-electron chi connectivity index (χ1n) is 11.3. The number of carbonyl (C=O) groups is 2. The van der Waals surface area contributed by atoms with Crippen molar-refractivity contribution in [2.24, 2.45) is 5.92 Å². The van der Waals surface area contributed by atoms with E-state index in [1.54, 1.807) is 4.90 Å². The van der Waals surface area contributed by atoms with Crippen molar-refractivity contribution in [1.82, 2.24) is 4.90 Å². The lowest BCUT2D eigenvalue weighted by Crippen LogP contribution is -2.40. The number of ether oxygens (including phenoxy) is 1. The Morgan fingerprint density at radius 3 is 2.45 bits per heavy atom. The Hall–Kier alpha value is -3.48.